The van der Waals surface area contributed by atoms with Crippen LogP contribution in [0.2, 0.25) is 0 Å². The fourth-order valence-electron chi connectivity index (χ4n) is 2.21. The van der Waals surface area contributed by atoms with E-state index in [4.69, 9.17) is 10.4 Å². The molecule has 1 aliphatic heterocycles. The molecule has 10 nitrogen and oxygen atoms in total. The van der Waals surface area contributed by atoms with E-state index in [9.17, 15) is 4.79 Å². The molecule has 2 heterocycles. The maximum Gasteiger partial charge on any atom is 0.257 e. The van der Waals surface area contributed by atoms with Crippen molar-refractivity contribution in [3.05, 3.63) is 29.0 Å². The fourth-order valence-corrected chi connectivity index (χ4v) is 2.74. The molecule has 24 heavy (non-hydrogen) atoms. The Morgan fingerprint density at radius 1 is 1.38 bits per heavy atom. The second-order valence-electron chi connectivity index (χ2n) is 4.75. The number of rotatable bonds is 4. The second kappa shape index (κ2) is 7.15. The lowest BCUT2D eigenvalue weighted by Gasteiger charge is -2.20. The zero-order valence-corrected chi connectivity index (χ0v) is 13.8. The largest absolute Gasteiger partial charge is 0.325 e. The summed E-state index contributed by atoms with van der Waals surface area (Å²) in [5, 5.41) is 19.6. The lowest BCUT2D eigenvalue weighted by Crippen LogP contribution is -2.41. The first-order chi connectivity index (χ1) is 11.6. The van der Waals surface area contributed by atoms with E-state index >= 15 is 0 Å². The van der Waals surface area contributed by atoms with Crippen LogP contribution in [-0.2, 0) is 9.63 Å². The van der Waals surface area contributed by atoms with Gasteiger partial charge in [-0.2, -0.15) is 0 Å². The van der Waals surface area contributed by atoms with Gasteiger partial charge in [0.1, 0.15) is 5.52 Å². The van der Waals surface area contributed by atoms with Gasteiger partial charge in [-0.15, -0.1) is 0 Å². The predicted molar refractivity (Wildman–Crippen MR) is 86.2 cm³/mol. The van der Waals surface area contributed by atoms with E-state index in [2.05, 4.69) is 41.0 Å². The van der Waals surface area contributed by atoms with Crippen molar-refractivity contribution in [1.82, 2.24) is 20.3 Å². The Labute approximate surface area is 144 Å². The number of anilines is 1. The summed E-state index contributed by atoms with van der Waals surface area (Å²) in [7, 11) is 0. The normalized spacial score (nSPS) is 14.3. The second-order valence-corrected chi connectivity index (χ2v) is 5.55. The lowest BCUT2D eigenvalue weighted by molar-refractivity contribution is -0.489. The molecule has 0 saturated carbocycles. The van der Waals surface area contributed by atoms with Crippen LogP contribution in [0.25, 0.3) is 11.0 Å². The molecule has 0 aliphatic carbocycles. The van der Waals surface area contributed by atoms with Gasteiger partial charge >= 0.3 is 0 Å². The number of carbonyl (C=O) groups is 1. The van der Waals surface area contributed by atoms with E-state index in [1.54, 1.807) is 24.5 Å². The summed E-state index contributed by atoms with van der Waals surface area (Å²) in [5.41, 5.74) is 2.09. The Kier molecular flexibility index (Phi) is 4.97. The highest BCUT2D eigenvalue weighted by atomic mass is 79.9. The smallest absolute Gasteiger partial charge is 0.257 e. The first-order valence-corrected chi connectivity index (χ1v) is 7.67. The minimum absolute atomic E-state index is 0.343. The highest BCUT2D eigenvalue weighted by Crippen LogP contribution is 2.29. The van der Waals surface area contributed by atoms with E-state index < -0.39 is 17.9 Å². The number of nitrogens with one attached hydrogen (secondary N) is 1. The number of benzene rings is 1. The number of amides is 1. The minimum atomic E-state index is -0.530. The van der Waals surface area contributed by atoms with Crippen molar-refractivity contribution in [2.24, 2.45) is 4.99 Å². The summed E-state index contributed by atoms with van der Waals surface area (Å²) >= 11 is 3.47. The van der Waals surface area contributed by atoms with Crippen molar-refractivity contribution in [2.75, 3.05) is 25.0 Å². The highest BCUT2D eigenvalue weighted by Gasteiger charge is 2.25. The van der Waals surface area contributed by atoms with Crippen LogP contribution in [0.1, 0.15) is 0 Å². The van der Waals surface area contributed by atoms with Gasteiger partial charge in [0.2, 0.25) is 5.96 Å². The Balaban J connectivity index is 1.78. The van der Waals surface area contributed by atoms with Gasteiger partial charge in [-0.25, -0.2) is 4.84 Å². The SMILES string of the molecule is O=C(CON(O)O)N1CCN=C1Nc1ccc2nccnc2c1Br. The van der Waals surface area contributed by atoms with Crippen molar-refractivity contribution in [2.45, 2.75) is 0 Å². The molecular formula is C13H13BrN6O4. The molecule has 0 saturated heterocycles. The van der Waals surface area contributed by atoms with Crippen molar-refractivity contribution in [1.29, 1.82) is 0 Å². The van der Waals surface area contributed by atoms with Gasteiger partial charge in [0, 0.05) is 18.9 Å². The topological polar surface area (TPSA) is 123 Å². The van der Waals surface area contributed by atoms with Crippen LogP contribution < -0.4 is 5.32 Å². The van der Waals surface area contributed by atoms with E-state index in [1.807, 2.05) is 0 Å². The van der Waals surface area contributed by atoms with Gasteiger partial charge in [0.15, 0.2) is 6.61 Å². The molecule has 0 fully saturated rings. The molecule has 1 aliphatic rings. The van der Waals surface area contributed by atoms with Crippen LogP contribution in [0.3, 0.4) is 0 Å². The first kappa shape index (κ1) is 16.7. The maximum absolute atomic E-state index is 12.0. The Bertz CT molecular complexity index is 799. The molecule has 2 aromatic rings. The summed E-state index contributed by atoms with van der Waals surface area (Å²) in [6.07, 6.45) is 3.20. The molecule has 3 rings (SSSR count). The molecule has 1 aromatic heterocycles. The molecule has 126 valence electrons. The molecular weight excluding hydrogens is 384 g/mol. The van der Waals surface area contributed by atoms with Gasteiger partial charge in [-0.1, -0.05) is 0 Å². The minimum Gasteiger partial charge on any atom is -0.325 e. The quantitative estimate of drug-likeness (QED) is 0.654. The number of aromatic nitrogens is 2. The van der Waals surface area contributed by atoms with E-state index in [0.29, 0.717) is 34.7 Å². The van der Waals surface area contributed by atoms with Crippen LogP contribution in [0, 0.1) is 0 Å². The van der Waals surface area contributed by atoms with E-state index in [1.165, 1.54) is 4.90 Å². The molecule has 1 aromatic carbocycles. The molecule has 0 unspecified atom stereocenters. The van der Waals surface area contributed by atoms with Gasteiger partial charge in [-0.3, -0.25) is 35.1 Å². The average Bonchev–Trinajstić information content (AvgIpc) is 3.03. The van der Waals surface area contributed by atoms with Gasteiger partial charge in [-0.05, 0) is 28.1 Å². The molecule has 0 radical (unpaired) electrons. The van der Waals surface area contributed by atoms with Crippen molar-refractivity contribution in [3.8, 4) is 0 Å². The predicted octanol–water partition coefficient (Wildman–Crippen LogP) is 1.01. The number of hydrogen-bond acceptors (Lipinski definition) is 9. The summed E-state index contributed by atoms with van der Waals surface area (Å²) in [6, 6.07) is 3.60. The van der Waals surface area contributed by atoms with Gasteiger partial charge in [0.05, 0.1) is 27.6 Å². The Hall–Kier alpha value is -2.18. The number of guanidine groups is 1. The number of halogens is 1. The van der Waals surface area contributed by atoms with Crippen LogP contribution in [-0.4, -0.2) is 62.2 Å². The van der Waals surface area contributed by atoms with Crippen LogP contribution in [0.4, 0.5) is 5.69 Å². The monoisotopic (exact) mass is 396 g/mol. The number of carbonyl (C=O) groups excluding carboxylic acids is 1. The number of aliphatic imine (C=N–C) groups is 1. The third-order valence-electron chi connectivity index (χ3n) is 3.27. The zero-order valence-electron chi connectivity index (χ0n) is 12.3. The lowest BCUT2D eigenvalue weighted by atomic mass is 10.2. The zero-order chi connectivity index (χ0) is 17.1. The highest BCUT2D eigenvalue weighted by molar-refractivity contribution is 9.10. The Morgan fingerprint density at radius 3 is 2.96 bits per heavy atom. The standard InChI is InChI=1S/C13H13BrN6O4/c14-11-8(1-2-9-12(11)16-4-3-15-9)18-13-17-5-6-19(13)10(21)7-24-20(22)23/h1-4,22-23H,5-7H2,(H,17,18). The summed E-state index contributed by atoms with van der Waals surface area (Å²) in [4.78, 5) is 30.5. The third kappa shape index (κ3) is 3.49. The van der Waals surface area contributed by atoms with Gasteiger partial charge in [0.25, 0.3) is 5.91 Å². The number of nitrogens with zero attached hydrogens (tertiary/aromatic N) is 5. The maximum atomic E-state index is 12.0. The molecule has 1 amide bonds. The summed E-state index contributed by atoms with van der Waals surface area (Å²) in [5.74, 6) is -0.126. The molecule has 0 atom stereocenters. The van der Waals surface area contributed by atoms with Crippen molar-refractivity contribution < 1.29 is 20.0 Å². The summed E-state index contributed by atoms with van der Waals surface area (Å²) < 4.78 is 0.697. The van der Waals surface area contributed by atoms with E-state index in [-0.39, 0.29) is 0 Å². The molecule has 0 spiro atoms. The molecule has 11 heteroatoms. The van der Waals surface area contributed by atoms with Crippen molar-refractivity contribution in [3.63, 3.8) is 0 Å². The Morgan fingerprint density at radius 2 is 2.17 bits per heavy atom. The third-order valence-corrected chi connectivity index (χ3v) is 4.07. The average molecular weight is 397 g/mol. The molecule has 0 bridgehead atoms. The van der Waals surface area contributed by atoms with Crippen LogP contribution in [0.15, 0.2) is 34.0 Å². The van der Waals surface area contributed by atoms with E-state index in [0.717, 1.165) is 5.52 Å². The first-order valence-electron chi connectivity index (χ1n) is 6.88. The van der Waals surface area contributed by atoms with Crippen LogP contribution in [0.5, 0.6) is 0 Å². The molecule has 3 N–H and O–H groups in total. The van der Waals surface area contributed by atoms with Crippen LogP contribution >= 0.6 is 15.9 Å². The summed E-state index contributed by atoms with van der Waals surface area (Å²) in [6.45, 7) is 0.269. The number of hydrogen-bond donors (Lipinski definition) is 3. The van der Waals surface area contributed by atoms with Gasteiger partial charge < -0.3 is 5.32 Å². The van der Waals surface area contributed by atoms with Crippen molar-refractivity contribution >= 4 is 44.5 Å². The fraction of sp³-hybridized carbons (Fsp3) is 0.231. The number of fused-ring (bicyclic) bond motifs is 1.